The van der Waals surface area contributed by atoms with Gasteiger partial charge in [0.1, 0.15) is 4.99 Å². The van der Waals surface area contributed by atoms with E-state index >= 15 is 0 Å². The summed E-state index contributed by atoms with van der Waals surface area (Å²) in [6, 6.07) is 16.9. The summed E-state index contributed by atoms with van der Waals surface area (Å²) in [7, 11) is 1.71. The lowest BCUT2D eigenvalue weighted by molar-refractivity contribution is 0.247. The molecule has 0 fully saturated rings. The van der Waals surface area contributed by atoms with Crippen molar-refractivity contribution in [3.05, 3.63) is 65.7 Å². The Morgan fingerprint density at radius 3 is 2.57 bits per heavy atom. The van der Waals surface area contributed by atoms with Crippen LogP contribution in [-0.2, 0) is 6.54 Å². The minimum absolute atomic E-state index is 0.182. The SMILES string of the molecule is CN(C(=O)NCc1ccccc1)c1cccc(C(N)=S)c1. The van der Waals surface area contributed by atoms with Crippen molar-refractivity contribution in [3.63, 3.8) is 0 Å². The van der Waals surface area contributed by atoms with Crippen molar-refractivity contribution in [1.82, 2.24) is 5.32 Å². The molecule has 108 valence electrons. The van der Waals surface area contributed by atoms with Gasteiger partial charge in [-0.2, -0.15) is 0 Å². The van der Waals surface area contributed by atoms with E-state index in [0.717, 1.165) is 16.8 Å². The molecular weight excluding hydrogens is 282 g/mol. The number of amides is 2. The molecule has 5 heteroatoms. The first-order valence-electron chi connectivity index (χ1n) is 6.53. The standard InChI is InChI=1S/C16H17N3OS/c1-19(14-9-5-8-13(10-14)15(17)21)16(20)18-11-12-6-3-2-4-7-12/h2-10H,11H2,1H3,(H2,17,21)(H,18,20). The number of carbonyl (C=O) groups excluding carboxylic acids is 1. The Kier molecular flexibility index (Phi) is 4.90. The van der Waals surface area contributed by atoms with Gasteiger partial charge in [0, 0.05) is 24.8 Å². The molecule has 0 unspecified atom stereocenters. The Labute approximate surface area is 129 Å². The monoisotopic (exact) mass is 299 g/mol. The maximum Gasteiger partial charge on any atom is 0.321 e. The molecular formula is C16H17N3OS. The summed E-state index contributed by atoms with van der Waals surface area (Å²) in [5.41, 5.74) is 8.14. The number of nitrogens with zero attached hydrogens (tertiary/aromatic N) is 1. The normalized spacial score (nSPS) is 9.95. The fourth-order valence-electron chi connectivity index (χ4n) is 1.88. The van der Waals surface area contributed by atoms with Gasteiger partial charge in [0.25, 0.3) is 0 Å². The van der Waals surface area contributed by atoms with Gasteiger partial charge < -0.3 is 11.1 Å². The summed E-state index contributed by atoms with van der Waals surface area (Å²) >= 11 is 4.95. The molecule has 0 heterocycles. The van der Waals surface area contributed by atoms with Gasteiger partial charge in [-0.05, 0) is 17.7 Å². The lowest BCUT2D eigenvalue weighted by Gasteiger charge is -2.18. The smallest absolute Gasteiger partial charge is 0.321 e. The topological polar surface area (TPSA) is 58.4 Å². The number of benzene rings is 2. The van der Waals surface area contributed by atoms with E-state index in [1.165, 1.54) is 4.90 Å². The molecule has 0 atom stereocenters. The zero-order chi connectivity index (χ0) is 15.2. The summed E-state index contributed by atoms with van der Waals surface area (Å²) in [5.74, 6) is 0. The van der Waals surface area contributed by atoms with Gasteiger partial charge in [0.15, 0.2) is 0 Å². The van der Waals surface area contributed by atoms with Crippen LogP contribution in [0.5, 0.6) is 0 Å². The first kappa shape index (κ1) is 15.0. The van der Waals surface area contributed by atoms with Crippen LogP contribution in [0.1, 0.15) is 11.1 Å². The van der Waals surface area contributed by atoms with Crippen LogP contribution in [0.4, 0.5) is 10.5 Å². The molecule has 21 heavy (non-hydrogen) atoms. The highest BCUT2D eigenvalue weighted by Crippen LogP contribution is 2.15. The molecule has 0 spiro atoms. The highest BCUT2D eigenvalue weighted by atomic mass is 32.1. The summed E-state index contributed by atoms with van der Waals surface area (Å²) in [5, 5.41) is 2.87. The summed E-state index contributed by atoms with van der Waals surface area (Å²) in [4.78, 5) is 14.0. The summed E-state index contributed by atoms with van der Waals surface area (Å²) in [6.07, 6.45) is 0. The number of hydrogen-bond donors (Lipinski definition) is 2. The van der Waals surface area contributed by atoms with Crippen LogP contribution in [0.2, 0.25) is 0 Å². The van der Waals surface area contributed by atoms with E-state index in [1.807, 2.05) is 48.5 Å². The quantitative estimate of drug-likeness (QED) is 0.853. The number of nitrogens with two attached hydrogens (primary N) is 1. The number of urea groups is 1. The number of hydrogen-bond acceptors (Lipinski definition) is 2. The van der Waals surface area contributed by atoms with Crippen molar-refractivity contribution in [2.75, 3.05) is 11.9 Å². The molecule has 0 aliphatic heterocycles. The maximum absolute atomic E-state index is 12.1. The molecule has 3 N–H and O–H groups in total. The van der Waals surface area contributed by atoms with E-state index in [0.29, 0.717) is 11.5 Å². The minimum Gasteiger partial charge on any atom is -0.389 e. The summed E-state index contributed by atoms with van der Waals surface area (Å²) in [6.45, 7) is 0.485. The van der Waals surface area contributed by atoms with E-state index in [-0.39, 0.29) is 6.03 Å². The van der Waals surface area contributed by atoms with Gasteiger partial charge in [-0.3, -0.25) is 4.90 Å². The Bertz CT molecular complexity index is 643. The number of carbonyl (C=O) groups is 1. The highest BCUT2D eigenvalue weighted by molar-refractivity contribution is 7.80. The van der Waals surface area contributed by atoms with Crippen molar-refractivity contribution in [2.24, 2.45) is 5.73 Å². The van der Waals surface area contributed by atoms with E-state index < -0.39 is 0 Å². The Balaban J connectivity index is 2.02. The molecule has 2 rings (SSSR count). The maximum atomic E-state index is 12.1. The van der Waals surface area contributed by atoms with Gasteiger partial charge >= 0.3 is 6.03 Å². The van der Waals surface area contributed by atoms with Crippen LogP contribution in [0.15, 0.2) is 54.6 Å². The van der Waals surface area contributed by atoms with Crippen LogP contribution in [0.25, 0.3) is 0 Å². The molecule has 0 aromatic heterocycles. The fourth-order valence-corrected chi connectivity index (χ4v) is 2.00. The van der Waals surface area contributed by atoms with Crippen LogP contribution in [0.3, 0.4) is 0 Å². The third-order valence-corrected chi connectivity index (χ3v) is 3.34. The largest absolute Gasteiger partial charge is 0.389 e. The second-order valence-corrected chi connectivity index (χ2v) is 5.06. The molecule has 0 saturated carbocycles. The molecule has 0 radical (unpaired) electrons. The van der Waals surface area contributed by atoms with Crippen molar-refractivity contribution < 1.29 is 4.79 Å². The molecule has 2 aromatic rings. The molecule has 0 aliphatic rings. The number of anilines is 1. The van der Waals surface area contributed by atoms with E-state index in [1.54, 1.807) is 13.1 Å². The van der Waals surface area contributed by atoms with Crippen molar-refractivity contribution in [2.45, 2.75) is 6.54 Å². The average molecular weight is 299 g/mol. The van der Waals surface area contributed by atoms with Crippen LogP contribution in [0, 0.1) is 0 Å². The summed E-state index contributed by atoms with van der Waals surface area (Å²) < 4.78 is 0. The van der Waals surface area contributed by atoms with Crippen LogP contribution in [-0.4, -0.2) is 18.1 Å². The van der Waals surface area contributed by atoms with Gasteiger partial charge in [-0.25, -0.2) is 4.79 Å². The van der Waals surface area contributed by atoms with Crippen molar-refractivity contribution in [3.8, 4) is 0 Å². The third-order valence-electron chi connectivity index (χ3n) is 3.11. The number of rotatable bonds is 4. The molecule has 0 bridgehead atoms. The fraction of sp³-hybridized carbons (Fsp3) is 0.125. The third kappa shape index (κ3) is 4.03. The molecule has 0 saturated heterocycles. The Morgan fingerprint density at radius 2 is 1.90 bits per heavy atom. The van der Waals surface area contributed by atoms with Gasteiger partial charge in [-0.15, -0.1) is 0 Å². The predicted octanol–water partition coefficient (Wildman–Crippen LogP) is 2.67. The first-order valence-corrected chi connectivity index (χ1v) is 6.94. The van der Waals surface area contributed by atoms with Crippen LogP contribution < -0.4 is 16.0 Å². The lowest BCUT2D eigenvalue weighted by atomic mass is 10.2. The second-order valence-electron chi connectivity index (χ2n) is 4.62. The van der Waals surface area contributed by atoms with E-state index in [4.69, 9.17) is 18.0 Å². The second kappa shape index (κ2) is 6.85. The van der Waals surface area contributed by atoms with Gasteiger partial charge in [0.05, 0.1) is 0 Å². The molecule has 2 amide bonds. The molecule has 4 nitrogen and oxygen atoms in total. The number of thiocarbonyl (C=S) groups is 1. The zero-order valence-electron chi connectivity index (χ0n) is 11.7. The Hall–Kier alpha value is -2.40. The van der Waals surface area contributed by atoms with Gasteiger partial charge in [-0.1, -0.05) is 54.7 Å². The van der Waals surface area contributed by atoms with Gasteiger partial charge in [0.2, 0.25) is 0 Å². The zero-order valence-corrected chi connectivity index (χ0v) is 12.6. The molecule has 2 aromatic carbocycles. The molecule has 0 aliphatic carbocycles. The van der Waals surface area contributed by atoms with Crippen molar-refractivity contribution in [1.29, 1.82) is 0 Å². The average Bonchev–Trinajstić information content (AvgIpc) is 2.53. The highest BCUT2D eigenvalue weighted by Gasteiger charge is 2.11. The van der Waals surface area contributed by atoms with Crippen molar-refractivity contribution >= 4 is 28.9 Å². The van der Waals surface area contributed by atoms with Crippen LogP contribution >= 0.6 is 12.2 Å². The van der Waals surface area contributed by atoms with E-state index in [9.17, 15) is 4.79 Å². The van der Waals surface area contributed by atoms with E-state index in [2.05, 4.69) is 5.32 Å². The Morgan fingerprint density at radius 1 is 1.19 bits per heavy atom. The lowest BCUT2D eigenvalue weighted by Crippen LogP contribution is -2.36. The predicted molar refractivity (Wildman–Crippen MR) is 89.4 cm³/mol. The number of nitrogens with one attached hydrogen (secondary N) is 1. The first-order chi connectivity index (χ1) is 10.1. The minimum atomic E-state index is -0.182.